The van der Waals surface area contributed by atoms with Crippen molar-refractivity contribution in [2.75, 3.05) is 6.54 Å². The maximum Gasteiger partial charge on any atom is 0.0254 e. The predicted octanol–water partition coefficient (Wildman–Crippen LogP) is 3.21. The van der Waals surface area contributed by atoms with Crippen molar-refractivity contribution in [3.63, 3.8) is 0 Å². The first-order valence-electron chi connectivity index (χ1n) is 5.54. The van der Waals surface area contributed by atoms with Crippen LogP contribution in [0.15, 0.2) is 36.5 Å². The van der Waals surface area contributed by atoms with Crippen LogP contribution in [0, 0.1) is 0 Å². The number of unbranched alkanes of at least 4 members (excludes halogenated alkanes) is 1. The first kappa shape index (κ1) is 11.3. The summed E-state index contributed by atoms with van der Waals surface area (Å²) in [6.45, 7) is 7.06. The molecule has 0 saturated heterocycles. The molecule has 0 radical (unpaired) electrons. The third-order valence-electron chi connectivity index (χ3n) is 2.64. The zero-order chi connectivity index (χ0) is 10.2. The summed E-state index contributed by atoms with van der Waals surface area (Å²) in [6, 6.07) is 0.532. The number of allylic oxidation sites excluding steroid dienone is 4. The predicted molar refractivity (Wildman–Crippen MR) is 63.4 cm³/mol. The maximum absolute atomic E-state index is 3.72. The Hall–Kier alpha value is -0.820. The van der Waals surface area contributed by atoms with E-state index in [0.29, 0.717) is 6.04 Å². The van der Waals surface area contributed by atoms with Crippen molar-refractivity contribution in [1.29, 1.82) is 0 Å². The van der Waals surface area contributed by atoms with Gasteiger partial charge in [-0.05, 0) is 39.2 Å². The molecule has 14 heavy (non-hydrogen) atoms. The van der Waals surface area contributed by atoms with Crippen molar-refractivity contribution in [2.24, 2.45) is 0 Å². The Balaban J connectivity index is 2.20. The third kappa shape index (κ3) is 3.93. The average molecular weight is 191 g/mol. The van der Waals surface area contributed by atoms with Crippen LogP contribution in [0.3, 0.4) is 0 Å². The summed E-state index contributed by atoms with van der Waals surface area (Å²) in [7, 11) is 0. The number of nitrogens with one attached hydrogen (secondary N) is 1. The second-order valence-electron chi connectivity index (χ2n) is 3.82. The van der Waals surface area contributed by atoms with Gasteiger partial charge >= 0.3 is 0 Å². The molecule has 0 amide bonds. The highest BCUT2D eigenvalue weighted by Gasteiger charge is 2.07. The summed E-state index contributed by atoms with van der Waals surface area (Å²) in [5.41, 5.74) is 1.53. The summed E-state index contributed by atoms with van der Waals surface area (Å²) in [5, 5.41) is 3.54. The highest BCUT2D eigenvalue weighted by atomic mass is 14.9. The van der Waals surface area contributed by atoms with Gasteiger partial charge in [0, 0.05) is 6.04 Å². The molecule has 0 aromatic heterocycles. The molecule has 0 aliphatic heterocycles. The fourth-order valence-corrected chi connectivity index (χ4v) is 1.68. The lowest BCUT2D eigenvalue weighted by atomic mass is 9.99. The van der Waals surface area contributed by atoms with Gasteiger partial charge in [0.05, 0.1) is 0 Å². The molecule has 0 bridgehead atoms. The van der Waals surface area contributed by atoms with E-state index in [0.717, 1.165) is 13.0 Å². The monoisotopic (exact) mass is 191 g/mol. The van der Waals surface area contributed by atoms with E-state index in [9.17, 15) is 0 Å². The number of hydrogen-bond acceptors (Lipinski definition) is 1. The van der Waals surface area contributed by atoms with Gasteiger partial charge in [0.1, 0.15) is 0 Å². The minimum absolute atomic E-state index is 0.532. The SMILES string of the molecule is C=CCCCNC(C)C1=CC=CCC1. The molecule has 1 unspecified atom stereocenters. The van der Waals surface area contributed by atoms with Crippen LogP contribution in [0.2, 0.25) is 0 Å². The first-order chi connectivity index (χ1) is 6.84. The van der Waals surface area contributed by atoms with Crippen LogP contribution in [0.4, 0.5) is 0 Å². The highest BCUT2D eigenvalue weighted by Crippen LogP contribution is 2.15. The molecule has 1 atom stereocenters. The highest BCUT2D eigenvalue weighted by molar-refractivity contribution is 5.21. The van der Waals surface area contributed by atoms with Crippen molar-refractivity contribution in [3.05, 3.63) is 36.5 Å². The lowest BCUT2D eigenvalue weighted by Crippen LogP contribution is -2.29. The average Bonchev–Trinajstić information content (AvgIpc) is 2.25. The van der Waals surface area contributed by atoms with Crippen LogP contribution in [-0.4, -0.2) is 12.6 Å². The molecule has 0 aromatic rings. The lowest BCUT2D eigenvalue weighted by Gasteiger charge is -2.18. The van der Waals surface area contributed by atoms with Gasteiger partial charge in [0.25, 0.3) is 0 Å². The van der Waals surface area contributed by atoms with Gasteiger partial charge in [0.2, 0.25) is 0 Å². The molecule has 1 N–H and O–H groups in total. The molecule has 0 heterocycles. The van der Waals surface area contributed by atoms with Crippen molar-refractivity contribution < 1.29 is 0 Å². The van der Waals surface area contributed by atoms with E-state index in [1.54, 1.807) is 0 Å². The van der Waals surface area contributed by atoms with Gasteiger partial charge in [0.15, 0.2) is 0 Å². The molecule has 0 saturated carbocycles. The van der Waals surface area contributed by atoms with Crippen LogP contribution in [0.5, 0.6) is 0 Å². The maximum atomic E-state index is 3.72. The molecule has 1 rings (SSSR count). The molecule has 78 valence electrons. The van der Waals surface area contributed by atoms with Gasteiger partial charge in [-0.3, -0.25) is 0 Å². The zero-order valence-corrected chi connectivity index (χ0v) is 9.13. The Morgan fingerprint density at radius 3 is 3.14 bits per heavy atom. The van der Waals surface area contributed by atoms with Crippen molar-refractivity contribution >= 4 is 0 Å². The second kappa shape index (κ2) is 6.61. The van der Waals surface area contributed by atoms with Crippen molar-refractivity contribution in [1.82, 2.24) is 5.32 Å². The third-order valence-corrected chi connectivity index (χ3v) is 2.64. The van der Waals surface area contributed by atoms with Crippen LogP contribution in [0.25, 0.3) is 0 Å². The van der Waals surface area contributed by atoms with E-state index in [1.165, 1.54) is 24.8 Å². The fraction of sp³-hybridized carbons (Fsp3) is 0.538. The van der Waals surface area contributed by atoms with E-state index < -0.39 is 0 Å². The molecule has 1 heteroatoms. The van der Waals surface area contributed by atoms with Gasteiger partial charge < -0.3 is 5.32 Å². The zero-order valence-electron chi connectivity index (χ0n) is 9.13. The number of rotatable bonds is 6. The van der Waals surface area contributed by atoms with E-state index in [1.807, 2.05) is 6.08 Å². The summed E-state index contributed by atoms with van der Waals surface area (Å²) >= 11 is 0. The summed E-state index contributed by atoms with van der Waals surface area (Å²) < 4.78 is 0. The van der Waals surface area contributed by atoms with E-state index in [-0.39, 0.29) is 0 Å². The molecule has 1 aliphatic carbocycles. The van der Waals surface area contributed by atoms with E-state index in [4.69, 9.17) is 0 Å². The topological polar surface area (TPSA) is 12.0 Å². The van der Waals surface area contributed by atoms with E-state index >= 15 is 0 Å². The summed E-state index contributed by atoms with van der Waals surface area (Å²) in [6.07, 6.45) is 13.3. The fourth-order valence-electron chi connectivity index (χ4n) is 1.68. The first-order valence-corrected chi connectivity index (χ1v) is 5.54. The minimum atomic E-state index is 0.532. The Labute approximate surface area is 87.6 Å². The summed E-state index contributed by atoms with van der Waals surface area (Å²) in [5.74, 6) is 0. The Bertz CT molecular complexity index is 225. The Kier molecular flexibility index (Phi) is 5.31. The van der Waals surface area contributed by atoms with Crippen molar-refractivity contribution in [3.8, 4) is 0 Å². The summed E-state index contributed by atoms with van der Waals surface area (Å²) in [4.78, 5) is 0. The van der Waals surface area contributed by atoms with Crippen LogP contribution in [0.1, 0.15) is 32.6 Å². The van der Waals surface area contributed by atoms with Crippen molar-refractivity contribution in [2.45, 2.75) is 38.6 Å². The normalized spacial score (nSPS) is 17.6. The quantitative estimate of drug-likeness (QED) is 0.502. The van der Waals surface area contributed by atoms with Crippen LogP contribution >= 0.6 is 0 Å². The molecule has 0 spiro atoms. The van der Waals surface area contributed by atoms with Crippen LogP contribution in [-0.2, 0) is 0 Å². The standard InChI is InChI=1S/C13H21N/c1-3-4-8-11-14-12(2)13-9-6-5-7-10-13/h3,5-6,9,12,14H,1,4,7-8,10-11H2,2H3. The van der Waals surface area contributed by atoms with Gasteiger partial charge in [-0.2, -0.15) is 0 Å². The molecule has 1 aliphatic rings. The molecular weight excluding hydrogens is 170 g/mol. The lowest BCUT2D eigenvalue weighted by molar-refractivity contribution is 0.574. The van der Waals surface area contributed by atoms with Gasteiger partial charge in [-0.25, -0.2) is 0 Å². The smallest absolute Gasteiger partial charge is 0.0254 e. The molecule has 0 aromatic carbocycles. The Morgan fingerprint density at radius 1 is 1.64 bits per heavy atom. The molecule has 0 fully saturated rings. The molecule has 1 nitrogen and oxygen atoms in total. The Morgan fingerprint density at radius 2 is 2.50 bits per heavy atom. The van der Waals surface area contributed by atoms with Gasteiger partial charge in [-0.1, -0.05) is 29.9 Å². The number of hydrogen-bond donors (Lipinski definition) is 1. The van der Waals surface area contributed by atoms with Gasteiger partial charge in [-0.15, -0.1) is 6.58 Å². The second-order valence-corrected chi connectivity index (χ2v) is 3.82. The largest absolute Gasteiger partial charge is 0.311 e. The van der Waals surface area contributed by atoms with E-state index in [2.05, 4.69) is 37.0 Å². The van der Waals surface area contributed by atoms with Crippen LogP contribution < -0.4 is 5.32 Å². The molecular formula is C13H21N. The minimum Gasteiger partial charge on any atom is -0.311 e.